The number of amides is 1. The third-order valence-electron chi connectivity index (χ3n) is 4.55. The van der Waals surface area contributed by atoms with Gasteiger partial charge >= 0.3 is 5.97 Å². The van der Waals surface area contributed by atoms with Crippen molar-refractivity contribution >= 4 is 17.6 Å². The number of benzene rings is 3. The Bertz CT molecular complexity index is 1060. The summed E-state index contributed by atoms with van der Waals surface area (Å²) in [4.78, 5) is 25.8. The number of hydrogen-bond acceptors (Lipinski definition) is 5. The molecule has 30 heavy (non-hydrogen) atoms. The van der Waals surface area contributed by atoms with Crippen LogP contribution in [0.25, 0.3) is 0 Å². The molecule has 6 heteroatoms. The first-order valence-corrected chi connectivity index (χ1v) is 9.40. The molecule has 0 saturated heterocycles. The maximum Gasteiger partial charge on any atom is 0.343 e. The highest BCUT2D eigenvalue weighted by atomic mass is 16.5. The zero-order valence-corrected chi connectivity index (χ0v) is 17.0. The van der Waals surface area contributed by atoms with E-state index in [-0.39, 0.29) is 11.3 Å². The number of esters is 1. The average molecular weight is 405 g/mol. The summed E-state index contributed by atoms with van der Waals surface area (Å²) in [6.07, 6.45) is -1.22. The van der Waals surface area contributed by atoms with Gasteiger partial charge in [-0.3, -0.25) is 4.79 Å². The number of aromatic hydroxyl groups is 1. The molecule has 0 aliphatic heterocycles. The van der Waals surface area contributed by atoms with Crippen molar-refractivity contribution in [3.63, 3.8) is 0 Å². The van der Waals surface area contributed by atoms with Gasteiger partial charge in [0.1, 0.15) is 17.1 Å². The molecular formula is C24H23NO5. The van der Waals surface area contributed by atoms with Gasteiger partial charge in [-0.15, -0.1) is 0 Å². The maximum absolute atomic E-state index is 13.1. The second-order valence-corrected chi connectivity index (χ2v) is 6.91. The van der Waals surface area contributed by atoms with E-state index in [0.29, 0.717) is 17.0 Å². The monoisotopic (exact) mass is 405 g/mol. The van der Waals surface area contributed by atoms with Gasteiger partial charge in [-0.1, -0.05) is 42.5 Å². The molecule has 0 fully saturated rings. The van der Waals surface area contributed by atoms with Gasteiger partial charge in [-0.05, 0) is 49.2 Å². The number of hydrogen-bond donors (Lipinski definition) is 2. The molecule has 0 saturated carbocycles. The van der Waals surface area contributed by atoms with Crippen molar-refractivity contribution in [2.24, 2.45) is 0 Å². The van der Waals surface area contributed by atoms with Crippen LogP contribution in [0, 0.1) is 13.8 Å². The minimum atomic E-state index is -1.22. The summed E-state index contributed by atoms with van der Waals surface area (Å²) < 4.78 is 10.8. The Morgan fingerprint density at radius 2 is 1.60 bits per heavy atom. The molecule has 2 N–H and O–H groups in total. The number of anilines is 1. The number of carbonyl (C=O) groups is 2. The molecular weight excluding hydrogens is 382 g/mol. The van der Waals surface area contributed by atoms with E-state index in [0.717, 1.165) is 11.1 Å². The lowest BCUT2D eigenvalue weighted by atomic mass is 10.1. The number of rotatable bonds is 6. The first-order chi connectivity index (χ1) is 14.4. The van der Waals surface area contributed by atoms with E-state index in [1.165, 1.54) is 19.2 Å². The molecule has 154 valence electrons. The molecule has 0 aromatic heterocycles. The molecule has 1 amide bonds. The van der Waals surface area contributed by atoms with E-state index >= 15 is 0 Å². The lowest BCUT2D eigenvalue weighted by molar-refractivity contribution is -0.125. The van der Waals surface area contributed by atoms with Crippen LogP contribution in [-0.2, 0) is 9.53 Å². The molecule has 3 aromatic carbocycles. The Hall–Kier alpha value is -3.80. The number of phenolic OH excluding ortho intramolecular Hbond substituents is 1. The normalized spacial score (nSPS) is 11.4. The summed E-state index contributed by atoms with van der Waals surface area (Å²) in [5, 5.41) is 12.9. The molecule has 0 spiro atoms. The zero-order chi connectivity index (χ0) is 21.7. The number of methoxy groups -OCH3 is 1. The minimum Gasteiger partial charge on any atom is -0.507 e. The van der Waals surface area contributed by atoms with E-state index in [1.54, 1.807) is 55.5 Å². The SMILES string of the molecule is COc1ccc(C)cc1NC(=O)C(OC(=O)c1ccc(C)cc1O)c1ccccc1. The highest BCUT2D eigenvalue weighted by Gasteiger charge is 2.27. The summed E-state index contributed by atoms with van der Waals surface area (Å²) >= 11 is 0. The van der Waals surface area contributed by atoms with Crippen molar-refractivity contribution in [1.82, 2.24) is 0 Å². The summed E-state index contributed by atoms with van der Waals surface area (Å²) in [6.45, 7) is 3.69. The first kappa shape index (κ1) is 20.9. The standard InChI is InChI=1S/C24H23NO5/c1-15-10-12-21(29-3)19(13-15)25-23(27)22(17-7-5-4-6-8-17)30-24(28)18-11-9-16(2)14-20(18)26/h4-14,22,26H,1-3H3,(H,25,27). The Morgan fingerprint density at radius 3 is 2.27 bits per heavy atom. The smallest absolute Gasteiger partial charge is 0.343 e. The Balaban J connectivity index is 1.90. The van der Waals surface area contributed by atoms with Crippen molar-refractivity contribution < 1.29 is 24.2 Å². The van der Waals surface area contributed by atoms with E-state index < -0.39 is 18.0 Å². The van der Waals surface area contributed by atoms with Crippen molar-refractivity contribution in [3.05, 3.63) is 89.0 Å². The predicted molar refractivity (Wildman–Crippen MR) is 114 cm³/mol. The molecule has 0 bridgehead atoms. The highest BCUT2D eigenvalue weighted by molar-refractivity contribution is 5.99. The van der Waals surface area contributed by atoms with E-state index in [2.05, 4.69) is 5.32 Å². The highest BCUT2D eigenvalue weighted by Crippen LogP contribution is 2.29. The number of carbonyl (C=O) groups excluding carboxylic acids is 2. The molecule has 0 aliphatic carbocycles. The van der Waals surface area contributed by atoms with Crippen LogP contribution in [-0.4, -0.2) is 24.1 Å². The van der Waals surface area contributed by atoms with Crippen molar-refractivity contribution in [2.75, 3.05) is 12.4 Å². The lowest BCUT2D eigenvalue weighted by Gasteiger charge is -2.19. The molecule has 0 aliphatic rings. The quantitative estimate of drug-likeness (QED) is 0.588. The number of ether oxygens (including phenoxy) is 2. The summed E-state index contributed by atoms with van der Waals surface area (Å²) in [5.41, 5.74) is 2.69. The number of aryl methyl sites for hydroxylation is 2. The van der Waals surface area contributed by atoms with E-state index in [4.69, 9.17) is 9.47 Å². The van der Waals surface area contributed by atoms with E-state index in [1.807, 2.05) is 13.0 Å². The van der Waals surface area contributed by atoms with Crippen LogP contribution in [0.4, 0.5) is 5.69 Å². The fraction of sp³-hybridized carbons (Fsp3) is 0.167. The second kappa shape index (κ2) is 9.13. The van der Waals surface area contributed by atoms with Crippen LogP contribution in [0.3, 0.4) is 0 Å². The largest absolute Gasteiger partial charge is 0.507 e. The average Bonchev–Trinajstić information content (AvgIpc) is 2.72. The molecule has 3 aromatic rings. The number of nitrogens with one attached hydrogen (secondary N) is 1. The molecule has 6 nitrogen and oxygen atoms in total. The van der Waals surface area contributed by atoms with Gasteiger partial charge < -0.3 is 19.9 Å². The van der Waals surface area contributed by atoms with Gasteiger partial charge in [-0.25, -0.2) is 4.79 Å². The first-order valence-electron chi connectivity index (χ1n) is 9.40. The Labute approximate surface area is 175 Å². The van der Waals surface area contributed by atoms with Gasteiger partial charge in [-0.2, -0.15) is 0 Å². The van der Waals surface area contributed by atoms with Crippen LogP contribution >= 0.6 is 0 Å². The fourth-order valence-electron chi connectivity index (χ4n) is 3.00. The third kappa shape index (κ3) is 4.78. The van der Waals surface area contributed by atoms with Crippen LogP contribution < -0.4 is 10.1 Å². The maximum atomic E-state index is 13.1. The van der Waals surface area contributed by atoms with Gasteiger partial charge in [0, 0.05) is 5.56 Å². The summed E-state index contributed by atoms with van der Waals surface area (Å²) in [6, 6.07) is 18.7. The van der Waals surface area contributed by atoms with Gasteiger partial charge in [0.25, 0.3) is 5.91 Å². The fourth-order valence-corrected chi connectivity index (χ4v) is 3.00. The molecule has 1 unspecified atom stereocenters. The molecule has 0 heterocycles. The topological polar surface area (TPSA) is 84.9 Å². The summed E-state index contributed by atoms with van der Waals surface area (Å²) in [5.74, 6) is -1.05. The van der Waals surface area contributed by atoms with Gasteiger partial charge in [0.15, 0.2) is 0 Å². The van der Waals surface area contributed by atoms with Gasteiger partial charge in [0.05, 0.1) is 12.8 Å². The third-order valence-corrected chi connectivity index (χ3v) is 4.55. The van der Waals surface area contributed by atoms with Crippen LogP contribution in [0.5, 0.6) is 11.5 Å². The van der Waals surface area contributed by atoms with Crippen molar-refractivity contribution in [1.29, 1.82) is 0 Å². The van der Waals surface area contributed by atoms with Crippen LogP contribution in [0.2, 0.25) is 0 Å². The second-order valence-electron chi connectivity index (χ2n) is 6.91. The number of phenols is 1. The Kier molecular flexibility index (Phi) is 6.37. The molecule has 0 radical (unpaired) electrons. The van der Waals surface area contributed by atoms with Crippen molar-refractivity contribution in [3.8, 4) is 11.5 Å². The van der Waals surface area contributed by atoms with Crippen LogP contribution in [0.1, 0.15) is 33.2 Å². The van der Waals surface area contributed by atoms with Gasteiger partial charge in [0.2, 0.25) is 6.10 Å². The van der Waals surface area contributed by atoms with E-state index in [9.17, 15) is 14.7 Å². The molecule has 3 rings (SSSR count). The summed E-state index contributed by atoms with van der Waals surface area (Å²) in [7, 11) is 1.51. The van der Waals surface area contributed by atoms with Crippen molar-refractivity contribution in [2.45, 2.75) is 20.0 Å². The minimum absolute atomic E-state index is 0.0116. The lowest BCUT2D eigenvalue weighted by Crippen LogP contribution is -2.26. The Morgan fingerprint density at radius 1 is 0.933 bits per heavy atom. The predicted octanol–water partition coefficient (Wildman–Crippen LogP) is 4.55. The molecule has 1 atom stereocenters. The van der Waals surface area contributed by atoms with Crippen LogP contribution in [0.15, 0.2) is 66.7 Å². The zero-order valence-electron chi connectivity index (χ0n) is 17.0.